The van der Waals surface area contributed by atoms with E-state index in [1.807, 2.05) is 0 Å². The van der Waals surface area contributed by atoms with Crippen molar-refractivity contribution in [2.24, 2.45) is 0 Å². The monoisotopic (exact) mass is 578 g/mol. The average Bonchev–Trinajstić information content (AvgIpc) is 2.78. The van der Waals surface area contributed by atoms with Gasteiger partial charge >= 0.3 is 6.03 Å². The number of hydrogen-bond donors (Lipinski definition) is 1. The maximum Gasteiger partial charge on any atom is 0.335 e. The first-order chi connectivity index (χ1) is 15.8. The lowest BCUT2D eigenvalue weighted by Gasteiger charge is -2.26. The Balaban J connectivity index is 1.84. The van der Waals surface area contributed by atoms with Crippen LogP contribution < -0.4 is 19.7 Å². The minimum absolute atomic E-state index is 0.155. The molecule has 1 aliphatic heterocycles. The molecule has 3 rings (SSSR count). The highest BCUT2D eigenvalue weighted by Gasteiger charge is 2.36. The van der Waals surface area contributed by atoms with Gasteiger partial charge in [-0.1, -0.05) is 26.2 Å². The second kappa shape index (κ2) is 11.5. The summed E-state index contributed by atoms with van der Waals surface area (Å²) in [5, 5.41) is 2.22. The Morgan fingerprint density at radius 2 is 1.67 bits per heavy atom. The van der Waals surface area contributed by atoms with Gasteiger partial charge in [-0.25, -0.2) is 9.69 Å². The van der Waals surface area contributed by atoms with Crippen molar-refractivity contribution >= 4 is 61.5 Å². The number of urea groups is 1. The summed E-state index contributed by atoms with van der Waals surface area (Å²) in [5.74, 6) is -0.225. The molecule has 7 nitrogen and oxygen atoms in total. The number of carbonyl (C=O) groups is 3. The van der Waals surface area contributed by atoms with Crippen LogP contribution >= 0.6 is 31.9 Å². The number of imide groups is 2. The van der Waals surface area contributed by atoms with Crippen LogP contribution in [-0.2, 0) is 9.59 Å². The van der Waals surface area contributed by atoms with Gasteiger partial charge in [0, 0.05) is 0 Å². The van der Waals surface area contributed by atoms with Crippen LogP contribution in [0, 0.1) is 0 Å². The normalized spacial score (nSPS) is 15.1. The van der Waals surface area contributed by atoms with Crippen LogP contribution in [0.15, 0.2) is 50.9 Å². The SMILES string of the molecule is CCCCCCOc1c(Br)cc(/C=C2\C(=O)NC(=O)N(c3ccc(OC)cc3)C2=O)cc1Br. The second-order valence-corrected chi connectivity index (χ2v) is 9.09. The molecule has 0 aromatic heterocycles. The smallest absolute Gasteiger partial charge is 0.335 e. The molecule has 1 heterocycles. The van der Waals surface area contributed by atoms with E-state index >= 15 is 0 Å². The zero-order valence-corrected chi connectivity index (χ0v) is 21.5. The van der Waals surface area contributed by atoms with Crippen LogP contribution in [0.3, 0.4) is 0 Å². The molecule has 1 saturated heterocycles. The number of hydrogen-bond acceptors (Lipinski definition) is 5. The van der Waals surface area contributed by atoms with E-state index in [0.29, 0.717) is 38.3 Å². The number of ether oxygens (including phenoxy) is 2. The molecule has 174 valence electrons. The van der Waals surface area contributed by atoms with Gasteiger partial charge in [-0.3, -0.25) is 14.9 Å². The van der Waals surface area contributed by atoms with E-state index < -0.39 is 17.8 Å². The lowest BCUT2D eigenvalue weighted by molar-refractivity contribution is -0.122. The van der Waals surface area contributed by atoms with Gasteiger partial charge in [0.1, 0.15) is 17.1 Å². The summed E-state index contributed by atoms with van der Waals surface area (Å²) in [6.07, 6.45) is 5.84. The van der Waals surface area contributed by atoms with E-state index in [4.69, 9.17) is 9.47 Å². The number of anilines is 1. The van der Waals surface area contributed by atoms with Crippen LogP contribution in [0.4, 0.5) is 10.5 Å². The molecule has 0 radical (unpaired) electrons. The molecule has 2 aromatic carbocycles. The molecule has 0 aliphatic carbocycles. The summed E-state index contributed by atoms with van der Waals surface area (Å²) in [4.78, 5) is 38.8. The number of halogens is 2. The fourth-order valence-corrected chi connectivity index (χ4v) is 4.74. The van der Waals surface area contributed by atoms with Crippen molar-refractivity contribution in [1.82, 2.24) is 5.32 Å². The lowest BCUT2D eigenvalue weighted by atomic mass is 10.1. The lowest BCUT2D eigenvalue weighted by Crippen LogP contribution is -2.54. The second-order valence-electron chi connectivity index (χ2n) is 7.38. The van der Waals surface area contributed by atoms with Crippen molar-refractivity contribution < 1.29 is 23.9 Å². The summed E-state index contributed by atoms with van der Waals surface area (Å²) in [6.45, 7) is 2.75. The van der Waals surface area contributed by atoms with E-state index in [9.17, 15) is 14.4 Å². The van der Waals surface area contributed by atoms with Gasteiger partial charge in [0.05, 0.1) is 28.3 Å². The fourth-order valence-electron chi connectivity index (χ4n) is 3.29. The van der Waals surface area contributed by atoms with Crippen molar-refractivity contribution in [3.8, 4) is 11.5 Å². The Morgan fingerprint density at radius 3 is 2.27 bits per heavy atom. The Hall–Kier alpha value is -2.65. The topological polar surface area (TPSA) is 84.9 Å². The van der Waals surface area contributed by atoms with E-state index in [1.54, 1.807) is 36.4 Å². The van der Waals surface area contributed by atoms with Crippen molar-refractivity contribution in [3.05, 3.63) is 56.5 Å². The number of nitrogens with one attached hydrogen (secondary N) is 1. The number of rotatable bonds is 9. The van der Waals surface area contributed by atoms with Gasteiger partial charge in [-0.2, -0.15) is 0 Å². The standard InChI is InChI=1S/C24H24Br2N2O5/c1-3-4-5-6-11-33-21-19(25)13-15(14-20(21)26)12-18-22(29)27-24(31)28(23(18)30)16-7-9-17(32-2)10-8-16/h7-10,12-14H,3-6,11H2,1-2H3,(H,27,29,31)/b18-12+. The maximum atomic E-state index is 13.1. The summed E-state index contributed by atoms with van der Waals surface area (Å²) < 4.78 is 12.4. The van der Waals surface area contributed by atoms with Gasteiger partial charge in [-0.15, -0.1) is 0 Å². The van der Waals surface area contributed by atoms with Gasteiger partial charge < -0.3 is 9.47 Å². The molecule has 9 heteroatoms. The number of barbiturate groups is 1. The molecule has 2 aromatic rings. The van der Waals surface area contributed by atoms with Gasteiger partial charge in [-0.05, 0) is 86.3 Å². The van der Waals surface area contributed by atoms with Crippen LogP contribution in [0.2, 0.25) is 0 Å². The van der Waals surface area contributed by atoms with Crippen LogP contribution in [0.25, 0.3) is 6.08 Å². The van der Waals surface area contributed by atoms with Crippen molar-refractivity contribution in [2.75, 3.05) is 18.6 Å². The summed E-state index contributed by atoms with van der Waals surface area (Å²) in [7, 11) is 1.52. The molecule has 1 aliphatic rings. The van der Waals surface area contributed by atoms with E-state index in [0.717, 1.165) is 24.2 Å². The van der Waals surface area contributed by atoms with E-state index in [1.165, 1.54) is 19.6 Å². The highest BCUT2D eigenvalue weighted by Crippen LogP contribution is 2.36. The quantitative estimate of drug-likeness (QED) is 0.229. The maximum absolute atomic E-state index is 13.1. The first-order valence-corrected chi connectivity index (χ1v) is 12.1. The molecular weight excluding hydrogens is 556 g/mol. The van der Waals surface area contributed by atoms with Crippen LogP contribution in [0.1, 0.15) is 38.2 Å². The number of amides is 4. The number of nitrogens with zero attached hydrogens (tertiary/aromatic N) is 1. The third-order valence-electron chi connectivity index (χ3n) is 5.01. The third kappa shape index (κ3) is 6.03. The summed E-state index contributed by atoms with van der Waals surface area (Å²) in [5.41, 5.74) is 0.762. The fraction of sp³-hybridized carbons (Fsp3) is 0.292. The molecule has 0 bridgehead atoms. The summed E-state index contributed by atoms with van der Waals surface area (Å²) >= 11 is 7.00. The van der Waals surface area contributed by atoms with Crippen molar-refractivity contribution in [1.29, 1.82) is 0 Å². The van der Waals surface area contributed by atoms with Gasteiger partial charge in [0.25, 0.3) is 11.8 Å². The number of unbranched alkanes of at least 4 members (excludes halogenated alkanes) is 3. The number of benzene rings is 2. The molecule has 33 heavy (non-hydrogen) atoms. The largest absolute Gasteiger partial charge is 0.497 e. The molecule has 4 amide bonds. The number of carbonyl (C=O) groups excluding carboxylic acids is 3. The van der Waals surface area contributed by atoms with E-state index in [2.05, 4.69) is 44.1 Å². The van der Waals surface area contributed by atoms with Gasteiger partial charge in [0.2, 0.25) is 0 Å². The molecule has 1 N–H and O–H groups in total. The zero-order chi connectivity index (χ0) is 24.0. The Labute approximate surface area is 209 Å². The Bertz CT molecular complexity index is 1060. The Morgan fingerprint density at radius 1 is 1.00 bits per heavy atom. The highest BCUT2D eigenvalue weighted by atomic mass is 79.9. The minimum Gasteiger partial charge on any atom is -0.497 e. The molecule has 1 fully saturated rings. The molecular formula is C24H24Br2N2O5. The van der Waals surface area contributed by atoms with Crippen molar-refractivity contribution in [3.63, 3.8) is 0 Å². The molecule has 0 unspecified atom stereocenters. The first kappa shape index (κ1) is 25.0. The van der Waals surface area contributed by atoms with Crippen LogP contribution in [0.5, 0.6) is 11.5 Å². The predicted octanol–water partition coefficient (Wildman–Crippen LogP) is 5.85. The van der Waals surface area contributed by atoms with Crippen LogP contribution in [-0.4, -0.2) is 31.6 Å². The minimum atomic E-state index is -0.804. The highest BCUT2D eigenvalue weighted by molar-refractivity contribution is 9.11. The number of methoxy groups -OCH3 is 1. The molecule has 0 atom stereocenters. The predicted molar refractivity (Wildman–Crippen MR) is 133 cm³/mol. The molecule has 0 saturated carbocycles. The summed E-state index contributed by atoms with van der Waals surface area (Å²) in [6, 6.07) is 9.12. The average molecular weight is 580 g/mol. The van der Waals surface area contributed by atoms with Crippen molar-refractivity contribution in [2.45, 2.75) is 32.6 Å². The third-order valence-corrected chi connectivity index (χ3v) is 6.19. The first-order valence-electron chi connectivity index (χ1n) is 10.5. The zero-order valence-electron chi connectivity index (χ0n) is 18.3. The Kier molecular flexibility index (Phi) is 8.68. The van der Waals surface area contributed by atoms with E-state index in [-0.39, 0.29) is 5.57 Å². The van der Waals surface area contributed by atoms with Gasteiger partial charge in [0.15, 0.2) is 0 Å². The molecule has 0 spiro atoms.